The summed E-state index contributed by atoms with van der Waals surface area (Å²) in [7, 11) is 0. The fourth-order valence-electron chi connectivity index (χ4n) is 3.00. The fourth-order valence-corrected chi connectivity index (χ4v) is 3.00. The number of nitro benzene ring substituents is 1. The van der Waals surface area contributed by atoms with E-state index in [2.05, 4.69) is 10.2 Å². The lowest BCUT2D eigenvalue weighted by molar-refractivity contribution is -0.385. The Morgan fingerprint density at radius 2 is 2.10 bits per heavy atom. The van der Waals surface area contributed by atoms with Gasteiger partial charge in [-0.1, -0.05) is 25.0 Å². The van der Waals surface area contributed by atoms with Crippen LogP contribution in [0.15, 0.2) is 24.3 Å². The van der Waals surface area contributed by atoms with Crippen LogP contribution < -0.4 is 5.32 Å². The lowest BCUT2D eigenvalue weighted by Crippen LogP contribution is -2.45. The van der Waals surface area contributed by atoms with Crippen molar-refractivity contribution in [2.24, 2.45) is 5.92 Å². The van der Waals surface area contributed by atoms with E-state index in [1.54, 1.807) is 12.1 Å². The minimum Gasteiger partial charge on any atom is -0.314 e. The number of nitro groups is 1. The van der Waals surface area contributed by atoms with E-state index in [0.29, 0.717) is 6.04 Å². The van der Waals surface area contributed by atoms with Gasteiger partial charge in [0.15, 0.2) is 0 Å². The molecule has 3 rings (SSSR count). The number of nitrogens with one attached hydrogen (secondary N) is 1. The van der Waals surface area contributed by atoms with Gasteiger partial charge in [-0.05, 0) is 17.9 Å². The van der Waals surface area contributed by atoms with Gasteiger partial charge in [0, 0.05) is 44.4 Å². The van der Waals surface area contributed by atoms with E-state index < -0.39 is 0 Å². The molecule has 2 aliphatic rings. The normalized spacial score (nSPS) is 21.6. The van der Waals surface area contributed by atoms with E-state index in [1.165, 1.54) is 12.8 Å². The summed E-state index contributed by atoms with van der Waals surface area (Å²) in [5, 5.41) is 14.3. The lowest BCUT2D eigenvalue weighted by atomic mass is 9.98. The lowest BCUT2D eigenvalue weighted by Gasteiger charge is -2.35. The first-order valence-corrected chi connectivity index (χ1v) is 7.43. The van der Waals surface area contributed by atoms with Crippen LogP contribution in [0.1, 0.15) is 30.9 Å². The summed E-state index contributed by atoms with van der Waals surface area (Å²) in [5.74, 6) is 0.814. The van der Waals surface area contributed by atoms with Crippen LogP contribution >= 0.6 is 0 Å². The number of piperazine rings is 1. The quantitative estimate of drug-likeness (QED) is 0.662. The number of non-ortho nitro benzene ring substituents is 1. The molecule has 0 unspecified atom stereocenters. The predicted molar refractivity (Wildman–Crippen MR) is 77.6 cm³/mol. The number of hydrogen-bond acceptors (Lipinski definition) is 4. The average Bonchev–Trinajstić information content (AvgIpc) is 3.30. The van der Waals surface area contributed by atoms with Crippen molar-refractivity contribution in [2.75, 3.05) is 26.2 Å². The second-order valence-corrected chi connectivity index (χ2v) is 5.83. The molecular formula is C15H21N3O2. The molecule has 1 heterocycles. The summed E-state index contributed by atoms with van der Waals surface area (Å²) in [6.07, 6.45) is 3.77. The second kappa shape index (κ2) is 5.89. The Morgan fingerprint density at radius 3 is 2.75 bits per heavy atom. The molecule has 1 aliphatic heterocycles. The van der Waals surface area contributed by atoms with E-state index in [0.717, 1.165) is 44.1 Å². The monoisotopic (exact) mass is 275 g/mol. The van der Waals surface area contributed by atoms with E-state index in [4.69, 9.17) is 0 Å². The summed E-state index contributed by atoms with van der Waals surface area (Å²) in [6, 6.07) is 7.53. The van der Waals surface area contributed by atoms with Gasteiger partial charge in [0.25, 0.3) is 5.69 Å². The van der Waals surface area contributed by atoms with Crippen LogP contribution in [-0.2, 0) is 0 Å². The van der Waals surface area contributed by atoms with E-state index in [1.807, 2.05) is 12.1 Å². The maximum Gasteiger partial charge on any atom is 0.269 e. The molecule has 5 heteroatoms. The molecule has 1 atom stereocenters. The van der Waals surface area contributed by atoms with Crippen LogP contribution in [0.25, 0.3) is 0 Å². The van der Waals surface area contributed by atoms with Gasteiger partial charge in [0.05, 0.1) is 4.92 Å². The Bertz CT molecular complexity index is 482. The molecule has 1 saturated heterocycles. The number of rotatable bonds is 5. The van der Waals surface area contributed by atoms with Crippen molar-refractivity contribution in [3.63, 3.8) is 0 Å². The third-order valence-corrected chi connectivity index (χ3v) is 4.31. The predicted octanol–water partition coefficient (Wildman–Crippen LogP) is 2.34. The molecule has 108 valence electrons. The molecule has 0 amide bonds. The summed E-state index contributed by atoms with van der Waals surface area (Å²) < 4.78 is 0. The first-order valence-electron chi connectivity index (χ1n) is 7.43. The zero-order valence-electron chi connectivity index (χ0n) is 11.6. The first kappa shape index (κ1) is 13.5. The van der Waals surface area contributed by atoms with Crippen LogP contribution in [0, 0.1) is 16.0 Å². The van der Waals surface area contributed by atoms with Crippen molar-refractivity contribution in [1.82, 2.24) is 10.2 Å². The molecule has 0 bridgehead atoms. The smallest absolute Gasteiger partial charge is 0.269 e. The van der Waals surface area contributed by atoms with Gasteiger partial charge in [-0.25, -0.2) is 0 Å². The Kier molecular flexibility index (Phi) is 3.98. The molecule has 1 saturated carbocycles. The van der Waals surface area contributed by atoms with Crippen molar-refractivity contribution in [1.29, 1.82) is 0 Å². The molecule has 1 aliphatic carbocycles. The van der Waals surface area contributed by atoms with Crippen molar-refractivity contribution < 1.29 is 4.92 Å². The molecule has 1 aromatic rings. The molecule has 0 aromatic heterocycles. The number of nitrogens with zero attached hydrogens (tertiary/aromatic N) is 2. The largest absolute Gasteiger partial charge is 0.314 e. The minimum atomic E-state index is -0.296. The van der Waals surface area contributed by atoms with E-state index >= 15 is 0 Å². The second-order valence-electron chi connectivity index (χ2n) is 5.83. The summed E-state index contributed by atoms with van der Waals surface area (Å²) in [5.41, 5.74) is 1.31. The van der Waals surface area contributed by atoms with Crippen LogP contribution in [0.4, 0.5) is 5.69 Å². The highest BCUT2D eigenvalue weighted by molar-refractivity contribution is 5.36. The van der Waals surface area contributed by atoms with Crippen LogP contribution in [-0.4, -0.2) is 36.0 Å². The third kappa shape index (κ3) is 3.16. The molecule has 5 nitrogen and oxygen atoms in total. The van der Waals surface area contributed by atoms with Gasteiger partial charge < -0.3 is 5.32 Å². The molecule has 20 heavy (non-hydrogen) atoms. The Labute approximate surface area is 119 Å². The van der Waals surface area contributed by atoms with Crippen molar-refractivity contribution in [2.45, 2.75) is 25.3 Å². The van der Waals surface area contributed by atoms with Gasteiger partial charge in [-0.2, -0.15) is 0 Å². The first-order chi connectivity index (χ1) is 9.74. The van der Waals surface area contributed by atoms with Crippen LogP contribution in [0.2, 0.25) is 0 Å². The zero-order chi connectivity index (χ0) is 13.9. The summed E-state index contributed by atoms with van der Waals surface area (Å²) >= 11 is 0. The zero-order valence-corrected chi connectivity index (χ0v) is 11.6. The fraction of sp³-hybridized carbons (Fsp3) is 0.600. The average molecular weight is 275 g/mol. The highest BCUT2D eigenvalue weighted by Gasteiger charge is 2.30. The van der Waals surface area contributed by atoms with Gasteiger partial charge in [-0.3, -0.25) is 15.0 Å². The number of hydrogen-bond donors (Lipinski definition) is 1. The third-order valence-electron chi connectivity index (χ3n) is 4.31. The maximum absolute atomic E-state index is 11.0. The molecule has 1 aromatic carbocycles. The minimum absolute atomic E-state index is 0.207. The van der Waals surface area contributed by atoms with Crippen molar-refractivity contribution in [3.05, 3.63) is 39.9 Å². The SMILES string of the molecule is O=[N+]([O-])c1cccc([C@H](CC2CC2)N2CCNCC2)c1. The van der Waals surface area contributed by atoms with Crippen molar-refractivity contribution >= 4 is 5.69 Å². The highest BCUT2D eigenvalue weighted by atomic mass is 16.6. The van der Waals surface area contributed by atoms with Gasteiger partial charge in [0.1, 0.15) is 0 Å². The van der Waals surface area contributed by atoms with Crippen LogP contribution in [0.3, 0.4) is 0 Å². The topological polar surface area (TPSA) is 58.4 Å². The molecule has 0 spiro atoms. The van der Waals surface area contributed by atoms with Gasteiger partial charge >= 0.3 is 0 Å². The van der Waals surface area contributed by atoms with Gasteiger partial charge in [-0.15, -0.1) is 0 Å². The Balaban J connectivity index is 1.83. The highest BCUT2D eigenvalue weighted by Crippen LogP contribution is 2.40. The van der Waals surface area contributed by atoms with Crippen LogP contribution in [0.5, 0.6) is 0 Å². The molecule has 1 N–H and O–H groups in total. The van der Waals surface area contributed by atoms with E-state index in [-0.39, 0.29) is 10.6 Å². The molecular weight excluding hydrogens is 254 g/mol. The molecule has 0 radical (unpaired) electrons. The standard InChI is InChI=1S/C15H21N3O2/c19-18(20)14-3-1-2-13(11-14)15(10-12-4-5-12)17-8-6-16-7-9-17/h1-3,11-12,15-16H,4-10H2/t15-/m0/s1. The summed E-state index contributed by atoms with van der Waals surface area (Å²) in [4.78, 5) is 13.2. The maximum atomic E-state index is 11.0. The van der Waals surface area contributed by atoms with E-state index in [9.17, 15) is 10.1 Å². The van der Waals surface area contributed by atoms with Gasteiger partial charge in [0.2, 0.25) is 0 Å². The number of benzene rings is 1. The van der Waals surface area contributed by atoms with Crippen molar-refractivity contribution in [3.8, 4) is 0 Å². The Hall–Kier alpha value is -1.46. The summed E-state index contributed by atoms with van der Waals surface area (Å²) in [6.45, 7) is 4.08. The molecule has 2 fully saturated rings. The Morgan fingerprint density at radius 1 is 1.35 bits per heavy atom.